The summed E-state index contributed by atoms with van der Waals surface area (Å²) in [4.78, 5) is 15.1. The number of rotatable bonds is 3. The molecular formula is C17H10Cl2N2O2. The van der Waals surface area contributed by atoms with Crippen LogP contribution in [0.4, 0.5) is 5.69 Å². The van der Waals surface area contributed by atoms with E-state index in [9.17, 15) is 10.1 Å². The van der Waals surface area contributed by atoms with Crippen molar-refractivity contribution < 1.29 is 4.92 Å². The van der Waals surface area contributed by atoms with Crippen molar-refractivity contribution in [3.63, 3.8) is 0 Å². The standard InChI is InChI=1S/C17H10Cl2N2O2/c18-12-6-8-16-14(9-12)15(19)10-13(20-16)7-5-11-3-1-2-4-17(11)21(22)23/h1-10H/b7-5+. The molecule has 23 heavy (non-hydrogen) atoms. The van der Waals surface area contributed by atoms with E-state index in [4.69, 9.17) is 23.2 Å². The number of hydrogen-bond acceptors (Lipinski definition) is 3. The van der Waals surface area contributed by atoms with Crippen molar-refractivity contribution >= 4 is 51.9 Å². The number of nitro groups is 1. The van der Waals surface area contributed by atoms with Gasteiger partial charge in [-0.25, -0.2) is 4.98 Å². The van der Waals surface area contributed by atoms with Crippen molar-refractivity contribution in [3.05, 3.63) is 79.9 Å². The highest BCUT2D eigenvalue weighted by atomic mass is 35.5. The fraction of sp³-hybridized carbons (Fsp3) is 0. The van der Waals surface area contributed by atoms with Crippen LogP contribution >= 0.6 is 23.2 Å². The highest BCUT2D eigenvalue weighted by molar-refractivity contribution is 6.36. The number of halogens is 2. The van der Waals surface area contributed by atoms with Gasteiger partial charge < -0.3 is 0 Å². The SMILES string of the molecule is O=[N+]([O-])c1ccccc1/C=C/c1cc(Cl)c2cc(Cl)ccc2n1. The summed E-state index contributed by atoms with van der Waals surface area (Å²) in [5, 5.41) is 12.9. The number of nitro benzene ring substituents is 1. The van der Waals surface area contributed by atoms with Gasteiger partial charge in [0.1, 0.15) is 0 Å². The molecule has 3 rings (SSSR count). The van der Waals surface area contributed by atoms with Gasteiger partial charge in [-0.3, -0.25) is 10.1 Å². The zero-order chi connectivity index (χ0) is 16.4. The quantitative estimate of drug-likeness (QED) is 0.457. The zero-order valence-electron chi connectivity index (χ0n) is 11.7. The van der Waals surface area contributed by atoms with E-state index in [0.717, 1.165) is 5.39 Å². The Labute approximate surface area is 142 Å². The van der Waals surface area contributed by atoms with Gasteiger partial charge in [-0.15, -0.1) is 0 Å². The van der Waals surface area contributed by atoms with Crippen LogP contribution in [0.2, 0.25) is 10.0 Å². The second-order valence-corrected chi connectivity index (χ2v) is 5.68. The van der Waals surface area contributed by atoms with E-state index < -0.39 is 4.92 Å². The molecule has 1 aromatic heterocycles. The van der Waals surface area contributed by atoms with Crippen LogP contribution in [0.3, 0.4) is 0 Å². The average molecular weight is 345 g/mol. The lowest BCUT2D eigenvalue weighted by Crippen LogP contribution is -1.90. The molecule has 0 amide bonds. The van der Waals surface area contributed by atoms with Gasteiger partial charge in [0.05, 0.1) is 26.7 Å². The summed E-state index contributed by atoms with van der Waals surface area (Å²) in [7, 11) is 0. The lowest BCUT2D eigenvalue weighted by molar-refractivity contribution is -0.385. The summed E-state index contributed by atoms with van der Waals surface area (Å²) in [6.07, 6.45) is 3.35. The number of pyridine rings is 1. The first-order chi connectivity index (χ1) is 11.0. The lowest BCUT2D eigenvalue weighted by atomic mass is 10.1. The molecule has 3 aromatic rings. The van der Waals surface area contributed by atoms with Crippen LogP contribution in [0, 0.1) is 10.1 Å². The van der Waals surface area contributed by atoms with Gasteiger partial charge in [0, 0.05) is 16.5 Å². The first kappa shape index (κ1) is 15.5. The summed E-state index contributed by atoms with van der Waals surface area (Å²) in [5.41, 5.74) is 1.88. The zero-order valence-corrected chi connectivity index (χ0v) is 13.3. The van der Waals surface area contributed by atoms with Crippen molar-refractivity contribution in [2.75, 3.05) is 0 Å². The summed E-state index contributed by atoms with van der Waals surface area (Å²) in [6, 6.07) is 13.5. The Morgan fingerprint density at radius 2 is 1.83 bits per heavy atom. The number of para-hydroxylation sites is 1. The topological polar surface area (TPSA) is 56.0 Å². The minimum absolute atomic E-state index is 0.0439. The van der Waals surface area contributed by atoms with Crippen LogP contribution in [0.1, 0.15) is 11.3 Å². The molecule has 4 nitrogen and oxygen atoms in total. The van der Waals surface area contributed by atoms with Crippen molar-refractivity contribution in [2.45, 2.75) is 0 Å². The Balaban J connectivity index is 2.02. The van der Waals surface area contributed by atoms with Crippen molar-refractivity contribution in [1.82, 2.24) is 4.98 Å². The van der Waals surface area contributed by atoms with Crippen LogP contribution in [-0.4, -0.2) is 9.91 Å². The fourth-order valence-electron chi connectivity index (χ4n) is 2.23. The Kier molecular flexibility index (Phi) is 4.28. The predicted octanol–water partition coefficient (Wildman–Crippen LogP) is 5.62. The maximum Gasteiger partial charge on any atom is 0.276 e. The van der Waals surface area contributed by atoms with Crippen LogP contribution in [0.15, 0.2) is 48.5 Å². The molecule has 0 aliphatic rings. The summed E-state index contributed by atoms with van der Waals surface area (Å²) >= 11 is 12.2. The van der Waals surface area contributed by atoms with E-state index in [0.29, 0.717) is 26.8 Å². The van der Waals surface area contributed by atoms with Crippen LogP contribution < -0.4 is 0 Å². The molecule has 0 fully saturated rings. The van der Waals surface area contributed by atoms with E-state index in [1.165, 1.54) is 6.07 Å². The van der Waals surface area contributed by atoms with Crippen molar-refractivity contribution in [1.29, 1.82) is 0 Å². The van der Waals surface area contributed by atoms with E-state index >= 15 is 0 Å². The van der Waals surface area contributed by atoms with E-state index in [1.54, 1.807) is 54.6 Å². The van der Waals surface area contributed by atoms with Gasteiger partial charge in [0.15, 0.2) is 0 Å². The second-order valence-electron chi connectivity index (χ2n) is 4.84. The number of benzene rings is 2. The second kappa shape index (κ2) is 6.36. The molecular weight excluding hydrogens is 335 g/mol. The van der Waals surface area contributed by atoms with Crippen LogP contribution in [0.25, 0.3) is 23.1 Å². The molecule has 1 heterocycles. The third kappa shape index (κ3) is 3.33. The summed E-state index contributed by atoms with van der Waals surface area (Å²) in [5.74, 6) is 0. The average Bonchev–Trinajstić information content (AvgIpc) is 2.54. The third-order valence-electron chi connectivity index (χ3n) is 3.31. The molecule has 0 bridgehead atoms. The molecule has 114 valence electrons. The molecule has 0 atom stereocenters. The molecule has 0 radical (unpaired) electrons. The van der Waals surface area contributed by atoms with Crippen LogP contribution in [0.5, 0.6) is 0 Å². The lowest BCUT2D eigenvalue weighted by Gasteiger charge is -2.03. The fourth-order valence-corrected chi connectivity index (χ4v) is 2.67. The predicted molar refractivity (Wildman–Crippen MR) is 93.8 cm³/mol. The Morgan fingerprint density at radius 1 is 1.04 bits per heavy atom. The Bertz CT molecular complexity index is 939. The van der Waals surface area contributed by atoms with Gasteiger partial charge in [-0.1, -0.05) is 35.3 Å². The molecule has 0 spiro atoms. The monoisotopic (exact) mass is 344 g/mol. The third-order valence-corrected chi connectivity index (χ3v) is 3.85. The number of nitrogens with zero attached hydrogens (tertiary/aromatic N) is 2. The van der Waals surface area contributed by atoms with Crippen molar-refractivity contribution in [2.24, 2.45) is 0 Å². The smallest absolute Gasteiger partial charge is 0.258 e. The molecule has 0 saturated heterocycles. The van der Waals surface area contributed by atoms with Gasteiger partial charge in [0.25, 0.3) is 5.69 Å². The Hall–Kier alpha value is -2.43. The highest BCUT2D eigenvalue weighted by Gasteiger charge is 2.09. The summed E-state index contributed by atoms with van der Waals surface area (Å²) < 4.78 is 0. The van der Waals surface area contributed by atoms with Gasteiger partial charge >= 0.3 is 0 Å². The number of hydrogen-bond donors (Lipinski definition) is 0. The molecule has 0 aliphatic carbocycles. The van der Waals surface area contributed by atoms with E-state index in [-0.39, 0.29) is 5.69 Å². The normalized spacial score (nSPS) is 11.2. The molecule has 2 aromatic carbocycles. The number of aromatic nitrogens is 1. The maximum absolute atomic E-state index is 11.0. The molecule has 0 aliphatic heterocycles. The molecule has 6 heteroatoms. The molecule has 0 saturated carbocycles. The van der Waals surface area contributed by atoms with Crippen molar-refractivity contribution in [3.8, 4) is 0 Å². The first-order valence-electron chi connectivity index (χ1n) is 6.72. The van der Waals surface area contributed by atoms with Gasteiger partial charge in [0.2, 0.25) is 0 Å². The molecule has 0 N–H and O–H groups in total. The van der Waals surface area contributed by atoms with Gasteiger partial charge in [-0.05, 0) is 42.5 Å². The minimum Gasteiger partial charge on any atom is -0.258 e. The van der Waals surface area contributed by atoms with E-state index in [1.807, 2.05) is 0 Å². The molecule has 0 unspecified atom stereocenters. The highest BCUT2D eigenvalue weighted by Crippen LogP contribution is 2.27. The number of fused-ring (bicyclic) bond motifs is 1. The van der Waals surface area contributed by atoms with E-state index in [2.05, 4.69) is 4.98 Å². The largest absolute Gasteiger partial charge is 0.276 e. The maximum atomic E-state index is 11.0. The summed E-state index contributed by atoms with van der Waals surface area (Å²) in [6.45, 7) is 0. The van der Waals surface area contributed by atoms with Crippen LogP contribution in [-0.2, 0) is 0 Å². The first-order valence-corrected chi connectivity index (χ1v) is 7.47. The Morgan fingerprint density at radius 3 is 2.61 bits per heavy atom. The van der Waals surface area contributed by atoms with Gasteiger partial charge in [-0.2, -0.15) is 0 Å². The minimum atomic E-state index is -0.414.